The van der Waals surface area contributed by atoms with E-state index in [0.29, 0.717) is 5.82 Å². The molecular weight excluding hydrogens is 389 g/mol. The molecule has 1 heterocycles. The molecule has 7 heteroatoms. The zero-order valence-corrected chi connectivity index (χ0v) is 13.1. The number of aromatic nitrogens is 2. The van der Waals surface area contributed by atoms with Crippen LogP contribution in [0.25, 0.3) is 10.9 Å². The van der Waals surface area contributed by atoms with Crippen molar-refractivity contribution in [2.24, 2.45) is 0 Å². The van der Waals surface area contributed by atoms with Crippen LogP contribution in [0.3, 0.4) is 0 Å². The highest BCUT2D eigenvalue weighted by atomic mass is 127. The fourth-order valence-electron chi connectivity index (χ4n) is 1.84. The van der Waals surface area contributed by atoms with Gasteiger partial charge in [0, 0.05) is 8.96 Å². The summed E-state index contributed by atoms with van der Waals surface area (Å²) in [5.41, 5.74) is 0.785. The van der Waals surface area contributed by atoms with Gasteiger partial charge in [-0.25, -0.2) is 8.42 Å². The molecule has 2 aromatic carbocycles. The topological polar surface area (TPSA) is 74.8 Å². The molecule has 0 aliphatic carbocycles. The number of para-hydroxylation sites is 1. The summed E-state index contributed by atoms with van der Waals surface area (Å²) in [7, 11) is -3.63. The largest absolute Gasteiger partial charge is 0.276 e. The van der Waals surface area contributed by atoms with Gasteiger partial charge in [-0.15, -0.1) is 0 Å². The predicted octanol–water partition coefficient (Wildman–Crippen LogP) is 2.97. The molecule has 2 N–H and O–H groups in total. The third-order valence-electron chi connectivity index (χ3n) is 2.83. The first-order valence-corrected chi connectivity index (χ1v) is 8.34. The Balaban J connectivity index is 1.99. The Bertz CT molecular complexity index is 857. The Labute approximate surface area is 129 Å². The second-order valence-corrected chi connectivity index (χ2v) is 7.11. The molecule has 0 unspecified atom stereocenters. The van der Waals surface area contributed by atoms with Gasteiger partial charge in [-0.2, -0.15) is 5.10 Å². The van der Waals surface area contributed by atoms with Gasteiger partial charge in [0.05, 0.1) is 10.4 Å². The maximum absolute atomic E-state index is 12.3. The van der Waals surface area contributed by atoms with Crippen LogP contribution in [0, 0.1) is 3.57 Å². The molecule has 5 nitrogen and oxygen atoms in total. The van der Waals surface area contributed by atoms with E-state index in [2.05, 4.69) is 37.5 Å². The van der Waals surface area contributed by atoms with Crippen molar-refractivity contribution in [2.75, 3.05) is 4.72 Å². The zero-order chi connectivity index (χ0) is 14.2. The van der Waals surface area contributed by atoms with Crippen molar-refractivity contribution in [2.45, 2.75) is 4.90 Å². The van der Waals surface area contributed by atoms with Crippen molar-refractivity contribution in [1.29, 1.82) is 0 Å². The Morgan fingerprint density at radius 1 is 1.05 bits per heavy atom. The lowest BCUT2D eigenvalue weighted by Gasteiger charge is -2.05. The van der Waals surface area contributed by atoms with Crippen molar-refractivity contribution in [3.8, 4) is 0 Å². The first-order valence-electron chi connectivity index (χ1n) is 5.78. The lowest BCUT2D eigenvalue weighted by molar-refractivity contribution is 0.601. The van der Waals surface area contributed by atoms with Gasteiger partial charge >= 0.3 is 0 Å². The number of sulfonamides is 1. The second kappa shape index (κ2) is 5.06. The Kier molecular flexibility index (Phi) is 3.38. The summed E-state index contributed by atoms with van der Waals surface area (Å²) < 4.78 is 28.1. The Hall–Kier alpha value is -1.61. The summed E-state index contributed by atoms with van der Waals surface area (Å²) in [6.45, 7) is 0. The summed E-state index contributed by atoms with van der Waals surface area (Å²) in [6.07, 6.45) is 0. The second-order valence-electron chi connectivity index (χ2n) is 4.18. The predicted molar refractivity (Wildman–Crippen MR) is 86.1 cm³/mol. The van der Waals surface area contributed by atoms with Crippen LogP contribution in [0.15, 0.2) is 53.4 Å². The molecule has 0 radical (unpaired) electrons. The van der Waals surface area contributed by atoms with E-state index in [-0.39, 0.29) is 4.90 Å². The molecule has 0 bridgehead atoms. The Morgan fingerprint density at radius 2 is 1.75 bits per heavy atom. The standard InChI is InChI=1S/C13H10IN3O2S/c14-9-5-7-10(8-6-9)20(18,19)17-13-11-3-1-2-4-12(11)15-16-13/h1-8H,(H2,15,16,17). The highest BCUT2D eigenvalue weighted by Crippen LogP contribution is 2.23. The number of aromatic amines is 1. The summed E-state index contributed by atoms with van der Waals surface area (Å²) in [6, 6.07) is 14.0. The molecule has 0 spiro atoms. The number of benzene rings is 2. The van der Waals surface area contributed by atoms with Crippen LogP contribution < -0.4 is 4.72 Å². The molecule has 3 rings (SSSR count). The van der Waals surface area contributed by atoms with Crippen molar-refractivity contribution >= 4 is 49.3 Å². The SMILES string of the molecule is O=S(=O)(Nc1n[nH]c2ccccc12)c1ccc(I)cc1. The molecule has 0 saturated carbocycles. The van der Waals surface area contributed by atoms with E-state index in [9.17, 15) is 8.42 Å². The van der Waals surface area contributed by atoms with Gasteiger partial charge in [-0.3, -0.25) is 9.82 Å². The van der Waals surface area contributed by atoms with Gasteiger partial charge in [0.1, 0.15) is 0 Å². The average molecular weight is 399 g/mol. The minimum atomic E-state index is -3.63. The van der Waals surface area contributed by atoms with Crippen molar-refractivity contribution in [1.82, 2.24) is 10.2 Å². The molecule has 0 atom stereocenters. The molecule has 20 heavy (non-hydrogen) atoms. The van der Waals surface area contributed by atoms with Crippen LogP contribution in [0.5, 0.6) is 0 Å². The normalized spacial score (nSPS) is 11.7. The number of halogens is 1. The van der Waals surface area contributed by atoms with Crippen LogP contribution in [-0.4, -0.2) is 18.6 Å². The number of rotatable bonds is 3. The maximum Gasteiger partial charge on any atom is 0.263 e. The van der Waals surface area contributed by atoms with Gasteiger partial charge in [-0.05, 0) is 59.0 Å². The summed E-state index contributed by atoms with van der Waals surface area (Å²) in [5, 5.41) is 7.54. The van der Waals surface area contributed by atoms with E-state index < -0.39 is 10.0 Å². The molecule has 0 saturated heterocycles. The molecule has 0 aliphatic rings. The van der Waals surface area contributed by atoms with Crippen LogP contribution in [-0.2, 0) is 10.0 Å². The Morgan fingerprint density at radius 3 is 2.50 bits per heavy atom. The minimum Gasteiger partial charge on any atom is -0.276 e. The van der Waals surface area contributed by atoms with E-state index in [1.165, 1.54) is 0 Å². The number of fused-ring (bicyclic) bond motifs is 1. The fraction of sp³-hybridized carbons (Fsp3) is 0. The number of hydrogen-bond donors (Lipinski definition) is 2. The lowest BCUT2D eigenvalue weighted by Crippen LogP contribution is -2.13. The molecule has 102 valence electrons. The number of nitrogens with one attached hydrogen (secondary N) is 2. The van der Waals surface area contributed by atoms with E-state index in [1.807, 2.05) is 24.3 Å². The summed E-state index contributed by atoms with van der Waals surface area (Å²) >= 11 is 2.13. The molecular formula is C13H10IN3O2S. The average Bonchev–Trinajstić information content (AvgIpc) is 2.82. The number of hydrogen-bond acceptors (Lipinski definition) is 3. The maximum atomic E-state index is 12.3. The molecule has 0 amide bonds. The number of H-pyrrole nitrogens is 1. The summed E-state index contributed by atoms with van der Waals surface area (Å²) in [5.74, 6) is 0.305. The number of anilines is 1. The minimum absolute atomic E-state index is 0.213. The smallest absolute Gasteiger partial charge is 0.263 e. The van der Waals surface area contributed by atoms with E-state index in [4.69, 9.17) is 0 Å². The van der Waals surface area contributed by atoms with Gasteiger partial charge < -0.3 is 0 Å². The van der Waals surface area contributed by atoms with Crippen LogP contribution in [0.1, 0.15) is 0 Å². The van der Waals surface area contributed by atoms with Gasteiger partial charge in [0.25, 0.3) is 10.0 Å². The van der Waals surface area contributed by atoms with Crippen LogP contribution in [0.2, 0.25) is 0 Å². The van der Waals surface area contributed by atoms with Crippen LogP contribution in [0.4, 0.5) is 5.82 Å². The molecule has 1 aromatic heterocycles. The highest BCUT2D eigenvalue weighted by molar-refractivity contribution is 14.1. The van der Waals surface area contributed by atoms with Crippen molar-refractivity contribution in [3.63, 3.8) is 0 Å². The third kappa shape index (κ3) is 2.50. The highest BCUT2D eigenvalue weighted by Gasteiger charge is 2.17. The van der Waals surface area contributed by atoms with Gasteiger partial charge in [-0.1, -0.05) is 12.1 Å². The fourth-order valence-corrected chi connectivity index (χ4v) is 3.22. The lowest BCUT2D eigenvalue weighted by atomic mass is 10.2. The molecule has 0 aliphatic heterocycles. The third-order valence-corrected chi connectivity index (χ3v) is 4.90. The zero-order valence-electron chi connectivity index (χ0n) is 10.2. The van der Waals surface area contributed by atoms with Gasteiger partial charge in [0.2, 0.25) is 0 Å². The van der Waals surface area contributed by atoms with E-state index in [1.54, 1.807) is 24.3 Å². The van der Waals surface area contributed by atoms with E-state index in [0.717, 1.165) is 14.5 Å². The molecule has 3 aromatic rings. The first kappa shape index (κ1) is 13.4. The monoisotopic (exact) mass is 399 g/mol. The summed E-state index contributed by atoms with van der Waals surface area (Å²) in [4.78, 5) is 0.213. The van der Waals surface area contributed by atoms with Crippen molar-refractivity contribution in [3.05, 3.63) is 52.1 Å². The van der Waals surface area contributed by atoms with Crippen molar-refractivity contribution < 1.29 is 8.42 Å². The van der Waals surface area contributed by atoms with Gasteiger partial charge in [0.15, 0.2) is 5.82 Å². The van der Waals surface area contributed by atoms with E-state index >= 15 is 0 Å². The first-order chi connectivity index (χ1) is 9.56. The number of nitrogens with zero attached hydrogens (tertiary/aromatic N) is 1. The quantitative estimate of drug-likeness (QED) is 0.666. The molecule has 0 fully saturated rings. The van der Waals surface area contributed by atoms with Crippen LogP contribution >= 0.6 is 22.6 Å².